The van der Waals surface area contributed by atoms with Gasteiger partial charge in [0, 0.05) is 33.3 Å². The highest BCUT2D eigenvalue weighted by Gasteiger charge is 2.15. The number of ether oxygens (including phenoxy) is 1. The second-order valence-electron chi connectivity index (χ2n) is 6.00. The van der Waals surface area contributed by atoms with Gasteiger partial charge in [-0.05, 0) is 38.8 Å². The summed E-state index contributed by atoms with van der Waals surface area (Å²) >= 11 is 0. The SMILES string of the molecule is CCNC(=NCc1ccccc1COCC)N(C)CC(=O)N(CC)CC. The van der Waals surface area contributed by atoms with Crippen LogP contribution in [-0.2, 0) is 22.7 Å². The first kappa shape index (κ1) is 22.0. The molecule has 0 saturated carbocycles. The molecule has 1 aromatic carbocycles. The molecule has 0 aliphatic carbocycles. The maximum atomic E-state index is 12.4. The molecule has 0 heterocycles. The first-order chi connectivity index (χ1) is 12.6. The van der Waals surface area contributed by atoms with Crippen molar-refractivity contribution < 1.29 is 9.53 Å². The Morgan fingerprint density at radius 1 is 1.12 bits per heavy atom. The molecule has 0 spiro atoms. The van der Waals surface area contributed by atoms with Gasteiger partial charge in [0.05, 0.1) is 19.7 Å². The minimum atomic E-state index is 0.111. The van der Waals surface area contributed by atoms with Gasteiger partial charge in [-0.3, -0.25) is 4.79 Å². The molecule has 0 unspecified atom stereocenters. The monoisotopic (exact) mass is 362 g/mol. The van der Waals surface area contributed by atoms with E-state index in [2.05, 4.69) is 17.4 Å². The van der Waals surface area contributed by atoms with E-state index in [1.54, 1.807) is 0 Å². The van der Waals surface area contributed by atoms with Gasteiger partial charge in [0.25, 0.3) is 0 Å². The Hall–Kier alpha value is -2.08. The number of hydrogen-bond donors (Lipinski definition) is 1. The molecule has 0 fully saturated rings. The van der Waals surface area contributed by atoms with Crippen LogP contribution in [0.15, 0.2) is 29.3 Å². The number of likely N-dealkylation sites (N-methyl/N-ethyl adjacent to an activating group) is 2. The van der Waals surface area contributed by atoms with Crippen LogP contribution in [0.2, 0.25) is 0 Å². The summed E-state index contributed by atoms with van der Waals surface area (Å²) in [5, 5.41) is 3.27. The van der Waals surface area contributed by atoms with Crippen molar-refractivity contribution in [2.24, 2.45) is 4.99 Å². The summed E-state index contributed by atoms with van der Waals surface area (Å²) in [6.07, 6.45) is 0. The van der Waals surface area contributed by atoms with Crippen molar-refractivity contribution in [2.45, 2.75) is 40.8 Å². The number of nitrogens with zero attached hydrogens (tertiary/aromatic N) is 3. The summed E-state index contributed by atoms with van der Waals surface area (Å²) in [5.74, 6) is 0.846. The Morgan fingerprint density at radius 2 is 1.77 bits per heavy atom. The van der Waals surface area contributed by atoms with E-state index in [4.69, 9.17) is 9.73 Å². The zero-order chi connectivity index (χ0) is 19.4. The fourth-order valence-corrected chi connectivity index (χ4v) is 2.65. The quantitative estimate of drug-likeness (QED) is 0.513. The Morgan fingerprint density at radius 3 is 2.35 bits per heavy atom. The average molecular weight is 363 g/mol. The molecule has 1 amide bonds. The number of guanidine groups is 1. The first-order valence-corrected chi connectivity index (χ1v) is 9.48. The number of amides is 1. The normalized spacial score (nSPS) is 11.3. The molecule has 0 aliphatic heterocycles. The van der Waals surface area contributed by atoms with Crippen molar-refractivity contribution in [3.63, 3.8) is 0 Å². The topological polar surface area (TPSA) is 57.2 Å². The van der Waals surface area contributed by atoms with Gasteiger partial charge in [0.15, 0.2) is 5.96 Å². The Bertz CT molecular complexity index is 571. The van der Waals surface area contributed by atoms with E-state index >= 15 is 0 Å². The summed E-state index contributed by atoms with van der Waals surface area (Å²) in [6.45, 7) is 12.4. The molecule has 146 valence electrons. The number of nitrogens with one attached hydrogen (secondary N) is 1. The van der Waals surface area contributed by atoms with Gasteiger partial charge in [-0.1, -0.05) is 24.3 Å². The van der Waals surface area contributed by atoms with Gasteiger partial charge >= 0.3 is 0 Å². The summed E-state index contributed by atoms with van der Waals surface area (Å²) < 4.78 is 5.54. The minimum Gasteiger partial charge on any atom is -0.377 e. The molecule has 0 aliphatic rings. The molecule has 0 radical (unpaired) electrons. The van der Waals surface area contributed by atoms with Gasteiger partial charge in [-0.25, -0.2) is 4.99 Å². The minimum absolute atomic E-state index is 0.111. The lowest BCUT2D eigenvalue weighted by Crippen LogP contribution is -2.45. The Labute approximate surface area is 158 Å². The third-order valence-corrected chi connectivity index (χ3v) is 4.16. The zero-order valence-electron chi connectivity index (χ0n) is 16.9. The van der Waals surface area contributed by atoms with E-state index in [0.717, 1.165) is 36.7 Å². The molecule has 0 atom stereocenters. The number of benzene rings is 1. The summed E-state index contributed by atoms with van der Waals surface area (Å²) in [7, 11) is 1.90. The summed E-state index contributed by atoms with van der Waals surface area (Å²) in [6, 6.07) is 8.17. The Balaban J connectivity index is 2.84. The van der Waals surface area contributed by atoms with Gasteiger partial charge in [0.1, 0.15) is 0 Å². The van der Waals surface area contributed by atoms with Crippen molar-refractivity contribution in [2.75, 3.05) is 39.8 Å². The van der Waals surface area contributed by atoms with Crippen molar-refractivity contribution in [3.05, 3.63) is 35.4 Å². The van der Waals surface area contributed by atoms with E-state index in [1.165, 1.54) is 0 Å². The molecule has 0 aromatic heterocycles. The number of carbonyl (C=O) groups excluding carboxylic acids is 1. The van der Waals surface area contributed by atoms with Crippen LogP contribution in [0.5, 0.6) is 0 Å². The average Bonchev–Trinajstić information content (AvgIpc) is 2.65. The first-order valence-electron chi connectivity index (χ1n) is 9.48. The summed E-state index contributed by atoms with van der Waals surface area (Å²) in [4.78, 5) is 20.8. The lowest BCUT2D eigenvalue weighted by molar-refractivity contribution is -0.131. The molecule has 0 bridgehead atoms. The molecule has 1 aromatic rings. The fourth-order valence-electron chi connectivity index (χ4n) is 2.65. The zero-order valence-corrected chi connectivity index (χ0v) is 16.9. The van der Waals surface area contributed by atoms with Crippen LogP contribution in [0.3, 0.4) is 0 Å². The largest absolute Gasteiger partial charge is 0.377 e. The molecule has 1 N–H and O–H groups in total. The van der Waals surface area contributed by atoms with Crippen molar-refractivity contribution in [3.8, 4) is 0 Å². The summed E-state index contributed by atoms with van der Waals surface area (Å²) in [5.41, 5.74) is 2.29. The number of carbonyl (C=O) groups is 1. The molecular weight excluding hydrogens is 328 g/mol. The third kappa shape index (κ3) is 7.04. The van der Waals surface area contributed by atoms with Gasteiger partial charge in [0.2, 0.25) is 5.91 Å². The second-order valence-corrected chi connectivity index (χ2v) is 6.00. The van der Waals surface area contributed by atoms with Crippen molar-refractivity contribution in [1.82, 2.24) is 15.1 Å². The highest BCUT2D eigenvalue weighted by Crippen LogP contribution is 2.11. The van der Waals surface area contributed by atoms with E-state index in [9.17, 15) is 4.79 Å². The van der Waals surface area contributed by atoms with E-state index in [-0.39, 0.29) is 5.91 Å². The fraction of sp³-hybridized carbons (Fsp3) is 0.600. The van der Waals surface area contributed by atoms with E-state index < -0.39 is 0 Å². The number of aliphatic imine (C=N–C) groups is 1. The smallest absolute Gasteiger partial charge is 0.242 e. The molecule has 6 heteroatoms. The van der Waals surface area contributed by atoms with Crippen LogP contribution >= 0.6 is 0 Å². The maximum Gasteiger partial charge on any atom is 0.242 e. The third-order valence-electron chi connectivity index (χ3n) is 4.16. The van der Waals surface area contributed by atoms with Gasteiger partial charge in [-0.15, -0.1) is 0 Å². The predicted octanol–water partition coefficient (Wildman–Crippen LogP) is 2.49. The lowest BCUT2D eigenvalue weighted by Gasteiger charge is -2.25. The second kappa shape index (κ2) is 12.3. The van der Waals surface area contributed by atoms with Crippen LogP contribution < -0.4 is 5.32 Å². The molecular formula is C20H34N4O2. The van der Waals surface area contributed by atoms with Crippen LogP contribution in [0.25, 0.3) is 0 Å². The van der Waals surface area contributed by atoms with Gasteiger partial charge in [-0.2, -0.15) is 0 Å². The molecule has 26 heavy (non-hydrogen) atoms. The van der Waals surface area contributed by atoms with Crippen LogP contribution in [0.4, 0.5) is 0 Å². The van der Waals surface area contributed by atoms with Crippen LogP contribution in [0, 0.1) is 0 Å². The predicted molar refractivity (Wildman–Crippen MR) is 107 cm³/mol. The van der Waals surface area contributed by atoms with Gasteiger partial charge < -0.3 is 19.9 Å². The molecule has 6 nitrogen and oxygen atoms in total. The molecule has 1 rings (SSSR count). The highest BCUT2D eigenvalue weighted by molar-refractivity contribution is 5.86. The van der Waals surface area contributed by atoms with E-state index in [1.807, 2.05) is 56.7 Å². The van der Waals surface area contributed by atoms with Crippen molar-refractivity contribution >= 4 is 11.9 Å². The Kier molecular flexibility index (Phi) is 10.4. The van der Waals surface area contributed by atoms with E-state index in [0.29, 0.717) is 26.3 Å². The standard InChI is InChI=1S/C20H34N4O2/c1-6-21-20(23(5)15-19(25)24(7-2)8-3)22-14-17-12-10-11-13-18(17)16-26-9-4/h10-13H,6-9,14-16H2,1-5H3,(H,21,22). The number of hydrogen-bond acceptors (Lipinski definition) is 3. The maximum absolute atomic E-state index is 12.4. The lowest BCUT2D eigenvalue weighted by atomic mass is 10.1. The molecule has 0 saturated heterocycles. The van der Waals surface area contributed by atoms with Crippen molar-refractivity contribution in [1.29, 1.82) is 0 Å². The van der Waals surface area contributed by atoms with Crippen LogP contribution in [0.1, 0.15) is 38.8 Å². The van der Waals surface area contributed by atoms with Crippen LogP contribution in [-0.4, -0.2) is 61.5 Å². The number of rotatable bonds is 10. The highest BCUT2D eigenvalue weighted by atomic mass is 16.5.